The zero-order valence-corrected chi connectivity index (χ0v) is 11.7. The highest BCUT2D eigenvalue weighted by Gasteiger charge is 2.39. The predicted molar refractivity (Wildman–Crippen MR) is 72.5 cm³/mol. The molecule has 0 bridgehead atoms. The molecule has 4 heteroatoms. The van der Waals surface area contributed by atoms with Crippen LogP contribution in [-0.2, 0) is 9.47 Å². The molecule has 3 nitrogen and oxygen atoms in total. The average molecular weight is 259 g/mol. The van der Waals surface area contributed by atoms with Crippen LogP contribution in [0.4, 0.5) is 0 Å². The molecule has 2 aliphatic rings. The van der Waals surface area contributed by atoms with E-state index in [0.717, 1.165) is 26.1 Å². The molecule has 1 N–H and O–H groups in total. The number of rotatable bonds is 6. The number of thioether (sulfide) groups is 1. The summed E-state index contributed by atoms with van der Waals surface area (Å²) in [7, 11) is 0. The Hall–Kier alpha value is 0.230. The third-order valence-corrected chi connectivity index (χ3v) is 4.47. The van der Waals surface area contributed by atoms with Gasteiger partial charge in [0, 0.05) is 18.9 Å². The van der Waals surface area contributed by atoms with E-state index in [1.807, 2.05) is 11.8 Å². The van der Waals surface area contributed by atoms with E-state index in [1.165, 1.54) is 38.0 Å². The SMILES string of the molecule is CSCCCCNC1CCC2(CC1)OCCO2. The van der Waals surface area contributed by atoms with Crippen molar-refractivity contribution in [2.45, 2.75) is 50.4 Å². The van der Waals surface area contributed by atoms with Crippen molar-refractivity contribution >= 4 is 11.8 Å². The van der Waals surface area contributed by atoms with E-state index in [4.69, 9.17) is 9.47 Å². The van der Waals surface area contributed by atoms with Gasteiger partial charge < -0.3 is 14.8 Å². The number of nitrogens with one attached hydrogen (secondary N) is 1. The summed E-state index contributed by atoms with van der Waals surface area (Å²) in [4.78, 5) is 0. The lowest BCUT2D eigenvalue weighted by molar-refractivity contribution is -0.179. The standard InChI is InChI=1S/C13H25NO2S/c1-17-11-3-2-8-14-12-4-6-13(7-5-12)15-9-10-16-13/h12,14H,2-11H2,1H3. The van der Waals surface area contributed by atoms with Crippen molar-refractivity contribution in [1.82, 2.24) is 5.32 Å². The van der Waals surface area contributed by atoms with Crippen LogP contribution in [0, 0.1) is 0 Å². The molecule has 1 saturated heterocycles. The van der Waals surface area contributed by atoms with Crippen molar-refractivity contribution in [3.8, 4) is 0 Å². The second-order valence-electron chi connectivity index (χ2n) is 5.04. The number of hydrogen-bond donors (Lipinski definition) is 1. The first-order chi connectivity index (χ1) is 8.35. The van der Waals surface area contributed by atoms with Gasteiger partial charge in [0.2, 0.25) is 0 Å². The highest BCUT2D eigenvalue weighted by Crippen LogP contribution is 2.35. The summed E-state index contributed by atoms with van der Waals surface area (Å²) < 4.78 is 11.5. The van der Waals surface area contributed by atoms with Gasteiger partial charge in [0.15, 0.2) is 5.79 Å². The maximum absolute atomic E-state index is 5.73. The first-order valence-electron chi connectivity index (χ1n) is 6.85. The van der Waals surface area contributed by atoms with Crippen LogP contribution < -0.4 is 5.32 Å². The van der Waals surface area contributed by atoms with Crippen LogP contribution in [-0.4, -0.2) is 43.6 Å². The molecule has 1 aliphatic carbocycles. The quantitative estimate of drug-likeness (QED) is 0.742. The molecule has 2 rings (SSSR count). The molecule has 17 heavy (non-hydrogen) atoms. The fraction of sp³-hybridized carbons (Fsp3) is 1.00. The molecule has 0 atom stereocenters. The number of ether oxygens (including phenoxy) is 2. The lowest BCUT2D eigenvalue weighted by Gasteiger charge is -2.35. The van der Waals surface area contributed by atoms with Gasteiger partial charge in [-0.1, -0.05) is 0 Å². The lowest BCUT2D eigenvalue weighted by Crippen LogP contribution is -2.42. The Morgan fingerprint density at radius 1 is 1.18 bits per heavy atom. The maximum atomic E-state index is 5.73. The second kappa shape index (κ2) is 6.98. The Morgan fingerprint density at radius 2 is 1.88 bits per heavy atom. The summed E-state index contributed by atoms with van der Waals surface area (Å²) in [5.41, 5.74) is 0. The van der Waals surface area contributed by atoms with Crippen LogP contribution in [0.3, 0.4) is 0 Å². The Morgan fingerprint density at radius 3 is 2.53 bits per heavy atom. The van der Waals surface area contributed by atoms with Crippen molar-refractivity contribution in [2.24, 2.45) is 0 Å². The lowest BCUT2D eigenvalue weighted by atomic mass is 9.90. The third-order valence-electron chi connectivity index (χ3n) is 3.77. The van der Waals surface area contributed by atoms with E-state index in [2.05, 4.69) is 11.6 Å². The molecular formula is C13H25NO2S. The Bertz CT molecular complexity index is 209. The van der Waals surface area contributed by atoms with Crippen molar-refractivity contribution in [1.29, 1.82) is 0 Å². The zero-order valence-electron chi connectivity index (χ0n) is 10.9. The molecule has 0 amide bonds. The van der Waals surface area contributed by atoms with Crippen LogP contribution >= 0.6 is 11.8 Å². The summed E-state index contributed by atoms with van der Waals surface area (Å²) in [6.45, 7) is 2.74. The van der Waals surface area contributed by atoms with E-state index in [1.54, 1.807) is 0 Å². The predicted octanol–water partition coefficient (Wildman–Crippen LogP) is 2.40. The normalized spacial score (nSPS) is 24.5. The monoisotopic (exact) mass is 259 g/mol. The van der Waals surface area contributed by atoms with Gasteiger partial charge in [-0.3, -0.25) is 0 Å². The highest BCUT2D eigenvalue weighted by molar-refractivity contribution is 7.98. The molecule has 0 radical (unpaired) electrons. The van der Waals surface area contributed by atoms with Crippen molar-refractivity contribution in [3.63, 3.8) is 0 Å². The van der Waals surface area contributed by atoms with Gasteiger partial charge in [0.05, 0.1) is 13.2 Å². The molecule has 1 aliphatic heterocycles. The molecular weight excluding hydrogens is 234 g/mol. The van der Waals surface area contributed by atoms with Crippen LogP contribution in [0.1, 0.15) is 38.5 Å². The van der Waals surface area contributed by atoms with Crippen molar-refractivity contribution in [2.75, 3.05) is 31.8 Å². The smallest absolute Gasteiger partial charge is 0.168 e. The van der Waals surface area contributed by atoms with Crippen LogP contribution in [0.25, 0.3) is 0 Å². The van der Waals surface area contributed by atoms with Gasteiger partial charge in [-0.15, -0.1) is 0 Å². The molecule has 2 fully saturated rings. The minimum atomic E-state index is -0.197. The first kappa shape index (κ1) is 13.7. The molecule has 1 saturated carbocycles. The van der Waals surface area contributed by atoms with Gasteiger partial charge >= 0.3 is 0 Å². The van der Waals surface area contributed by atoms with Crippen molar-refractivity contribution < 1.29 is 9.47 Å². The molecule has 1 spiro atoms. The van der Waals surface area contributed by atoms with E-state index in [0.29, 0.717) is 6.04 Å². The third kappa shape index (κ3) is 4.12. The first-order valence-corrected chi connectivity index (χ1v) is 8.24. The summed E-state index contributed by atoms with van der Waals surface area (Å²) in [6.07, 6.45) is 9.33. The molecule has 0 aromatic heterocycles. The van der Waals surface area contributed by atoms with E-state index in [-0.39, 0.29) is 5.79 Å². The average Bonchev–Trinajstić information content (AvgIpc) is 2.80. The molecule has 0 unspecified atom stereocenters. The largest absolute Gasteiger partial charge is 0.348 e. The van der Waals surface area contributed by atoms with Gasteiger partial charge in [-0.2, -0.15) is 11.8 Å². The summed E-state index contributed by atoms with van der Waals surface area (Å²) in [5.74, 6) is 1.09. The van der Waals surface area contributed by atoms with E-state index in [9.17, 15) is 0 Å². The Labute approximate surface area is 109 Å². The molecule has 0 aromatic rings. The molecule has 1 heterocycles. The Balaban J connectivity index is 1.56. The topological polar surface area (TPSA) is 30.5 Å². The van der Waals surface area contributed by atoms with Gasteiger partial charge in [0.25, 0.3) is 0 Å². The van der Waals surface area contributed by atoms with Gasteiger partial charge in [-0.05, 0) is 44.2 Å². The Kier molecular flexibility index (Phi) is 5.60. The van der Waals surface area contributed by atoms with Gasteiger partial charge in [0.1, 0.15) is 0 Å². The summed E-state index contributed by atoms with van der Waals surface area (Å²) in [5, 5.41) is 3.67. The summed E-state index contributed by atoms with van der Waals surface area (Å²) in [6, 6.07) is 0.683. The number of hydrogen-bond acceptors (Lipinski definition) is 4. The molecule has 0 aromatic carbocycles. The van der Waals surface area contributed by atoms with Crippen molar-refractivity contribution in [3.05, 3.63) is 0 Å². The highest BCUT2D eigenvalue weighted by atomic mass is 32.2. The van der Waals surface area contributed by atoms with Crippen LogP contribution in [0.2, 0.25) is 0 Å². The van der Waals surface area contributed by atoms with E-state index >= 15 is 0 Å². The fourth-order valence-electron chi connectivity index (χ4n) is 2.73. The maximum Gasteiger partial charge on any atom is 0.168 e. The number of unbranched alkanes of at least 4 members (excludes halogenated alkanes) is 1. The minimum absolute atomic E-state index is 0.197. The fourth-order valence-corrected chi connectivity index (χ4v) is 3.22. The minimum Gasteiger partial charge on any atom is -0.348 e. The van der Waals surface area contributed by atoms with Gasteiger partial charge in [-0.25, -0.2) is 0 Å². The second-order valence-corrected chi connectivity index (χ2v) is 6.02. The van der Waals surface area contributed by atoms with Crippen LogP contribution in [0.5, 0.6) is 0 Å². The van der Waals surface area contributed by atoms with Crippen LogP contribution in [0.15, 0.2) is 0 Å². The van der Waals surface area contributed by atoms with E-state index < -0.39 is 0 Å². The summed E-state index contributed by atoms with van der Waals surface area (Å²) >= 11 is 1.94. The molecule has 100 valence electrons. The zero-order chi connectivity index (χ0) is 12.0.